The lowest BCUT2D eigenvalue weighted by Crippen LogP contribution is -2.31. The molecule has 0 aliphatic carbocycles. The first kappa shape index (κ1) is 23.5. The highest BCUT2D eigenvalue weighted by atomic mass is 32.2. The van der Waals surface area contributed by atoms with Crippen LogP contribution in [0.2, 0.25) is 0 Å². The first-order valence-electron chi connectivity index (χ1n) is 9.49. The SMILES string of the molecule is C=CCN(CC=C)S(=O)(=O)c1ccc2nc(NC(=O)c3cc(OC)cc(OC)c3)sc2c1. The molecule has 1 heterocycles. The number of nitrogens with zero attached hydrogens (tertiary/aromatic N) is 2. The Bertz CT molecular complexity index is 1240. The second-order valence-electron chi connectivity index (χ2n) is 6.60. The average Bonchev–Trinajstić information content (AvgIpc) is 3.19. The van der Waals surface area contributed by atoms with Gasteiger partial charge in [0.05, 0.1) is 29.3 Å². The van der Waals surface area contributed by atoms with Gasteiger partial charge in [0.2, 0.25) is 10.0 Å². The Morgan fingerprint density at radius 3 is 2.28 bits per heavy atom. The zero-order valence-electron chi connectivity index (χ0n) is 17.7. The van der Waals surface area contributed by atoms with Crippen molar-refractivity contribution in [2.24, 2.45) is 0 Å². The summed E-state index contributed by atoms with van der Waals surface area (Å²) in [6.45, 7) is 7.56. The summed E-state index contributed by atoms with van der Waals surface area (Å²) < 4.78 is 38.2. The lowest BCUT2D eigenvalue weighted by Gasteiger charge is -2.18. The van der Waals surface area contributed by atoms with Crippen molar-refractivity contribution >= 4 is 42.6 Å². The number of hydrogen-bond donors (Lipinski definition) is 1. The molecule has 0 saturated carbocycles. The second kappa shape index (κ2) is 9.94. The Labute approximate surface area is 190 Å². The minimum Gasteiger partial charge on any atom is -0.497 e. The molecule has 0 unspecified atom stereocenters. The maximum absolute atomic E-state index is 13.0. The molecule has 0 bridgehead atoms. The summed E-state index contributed by atoms with van der Waals surface area (Å²) in [6, 6.07) is 9.50. The fraction of sp³-hybridized carbons (Fsp3) is 0.182. The number of amides is 1. The highest BCUT2D eigenvalue weighted by Crippen LogP contribution is 2.30. The first-order chi connectivity index (χ1) is 15.3. The third-order valence-corrected chi connectivity index (χ3v) is 7.26. The molecule has 3 aromatic rings. The summed E-state index contributed by atoms with van der Waals surface area (Å²) in [5.74, 6) is 0.576. The van der Waals surface area contributed by atoms with Gasteiger partial charge in [0.15, 0.2) is 5.13 Å². The smallest absolute Gasteiger partial charge is 0.257 e. The number of fused-ring (bicyclic) bond motifs is 1. The van der Waals surface area contributed by atoms with Crippen LogP contribution in [0, 0.1) is 0 Å². The summed E-state index contributed by atoms with van der Waals surface area (Å²) in [4.78, 5) is 17.2. The molecule has 0 aliphatic rings. The predicted molar refractivity (Wildman–Crippen MR) is 126 cm³/mol. The lowest BCUT2D eigenvalue weighted by atomic mass is 10.2. The zero-order valence-corrected chi connectivity index (χ0v) is 19.3. The van der Waals surface area contributed by atoms with Gasteiger partial charge < -0.3 is 9.47 Å². The standard InChI is InChI=1S/C22H23N3O5S2/c1-5-9-25(10-6-2)32(27,28)18-7-8-19-20(14-18)31-22(23-19)24-21(26)15-11-16(29-3)13-17(12-15)30-4/h5-8,11-14H,1-2,9-10H2,3-4H3,(H,23,24,26). The van der Waals surface area contributed by atoms with E-state index in [1.807, 2.05) is 0 Å². The van der Waals surface area contributed by atoms with Crippen molar-refractivity contribution in [2.75, 3.05) is 32.6 Å². The van der Waals surface area contributed by atoms with E-state index in [0.29, 0.717) is 32.4 Å². The Hall–Kier alpha value is -3.21. The van der Waals surface area contributed by atoms with Gasteiger partial charge in [-0.05, 0) is 30.3 Å². The van der Waals surface area contributed by atoms with E-state index in [9.17, 15) is 13.2 Å². The van der Waals surface area contributed by atoms with Gasteiger partial charge in [0.25, 0.3) is 5.91 Å². The molecular weight excluding hydrogens is 450 g/mol. The molecule has 168 valence electrons. The number of carbonyl (C=O) groups excluding carboxylic acids is 1. The van der Waals surface area contributed by atoms with Crippen LogP contribution in [0.3, 0.4) is 0 Å². The Morgan fingerprint density at radius 1 is 1.09 bits per heavy atom. The minimum absolute atomic E-state index is 0.132. The minimum atomic E-state index is -3.73. The van der Waals surface area contributed by atoms with E-state index >= 15 is 0 Å². The van der Waals surface area contributed by atoms with Crippen molar-refractivity contribution in [3.8, 4) is 11.5 Å². The molecule has 0 spiro atoms. The van der Waals surface area contributed by atoms with E-state index in [-0.39, 0.29) is 18.0 Å². The summed E-state index contributed by atoms with van der Waals surface area (Å²) in [7, 11) is -0.733. The number of hydrogen-bond acceptors (Lipinski definition) is 7. The topological polar surface area (TPSA) is 97.8 Å². The van der Waals surface area contributed by atoms with Crippen molar-refractivity contribution < 1.29 is 22.7 Å². The van der Waals surface area contributed by atoms with E-state index in [1.54, 1.807) is 30.3 Å². The van der Waals surface area contributed by atoms with E-state index in [0.717, 1.165) is 0 Å². The van der Waals surface area contributed by atoms with Gasteiger partial charge in [-0.25, -0.2) is 13.4 Å². The quantitative estimate of drug-likeness (QED) is 0.448. The molecule has 0 saturated heterocycles. The van der Waals surface area contributed by atoms with Crippen LogP contribution < -0.4 is 14.8 Å². The summed E-state index contributed by atoms with van der Waals surface area (Å²) in [6.07, 6.45) is 3.04. The fourth-order valence-electron chi connectivity index (χ4n) is 2.93. The Morgan fingerprint density at radius 2 is 1.72 bits per heavy atom. The number of carbonyl (C=O) groups is 1. The molecule has 1 aromatic heterocycles. The number of thiazole rings is 1. The number of methoxy groups -OCH3 is 2. The number of aromatic nitrogens is 1. The second-order valence-corrected chi connectivity index (χ2v) is 9.57. The van der Waals surface area contributed by atoms with Gasteiger partial charge >= 0.3 is 0 Å². The lowest BCUT2D eigenvalue weighted by molar-refractivity contribution is 0.102. The van der Waals surface area contributed by atoms with Gasteiger partial charge in [-0.3, -0.25) is 10.1 Å². The molecule has 3 rings (SSSR count). The number of rotatable bonds is 10. The number of nitrogens with one attached hydrogen (secondary N) is 1. The number of anilines is 1. The van der Waals surface area contributed by atoms with E-state index in [4.69, 9.17) is 9.47 Å². The van der Waals surface area contributed by atoms with Crippen molar-refractivity contribution in [1.29, 1.82) is 0 Å². The fourth-order valence-corrected chi connectivity index (χ4v) is 5.32. The van der Waals surface area contributed by atoms with E-state index in [1.165, 1.54) is 48.1 Å². The molecule has 8 nitrogen and oxygen atoms in total. The van der Waals surface area contributed by atoms with Gasteiger partial charge in [-0.1, -0.05) is 23.5 Å². The van der Waals surface area contributed by atoms with E-state index < -0.39 is 15.9 Å². The Kier molecular flexibility index (Phi) is 7.29. The molecule has 2 aromatic carbocycles. The number of ether oxygens (including phenoxy) is 2. The van der Waals surface area contributed by atoms with Crippen molar-refractivity contribution in [2.45, 2.75) is 4.90 Å². The van der Waals surface area contributed by atoms with Crippen molar-refractivity contribution in [1.82, 2.24) is 9.29 Å². The van der Waals surface area contributed by atoms with Crippen LogP contribution >= 0.6 is 11.3 Å². The molecule has 0 aliphatic heterocycles. The van der Waals surface area contributed by atoms with Crippen LogP contribution in [0.25, 0.3) is 10.2 Å². The highest BCUT2D eigenvalue weighted by Gasteiger charge is 2.23. The maximum Gasteiger partial charge on any atom is 0.257 e. The third kappa shape index (κ3) is 4.98. The van der Waals surface area contributed by atoms with Gasteiger partial charge in [0, 0.05) is 24.7 Å². The van der Waals surface area contributed by atoms with Crippen LogP contribution in [0.1, 0.15) is 10.4 Å². The molecule has 0 radical (unpaired) electrons. The number of benzene rings is 2. The molecule has 0 fully saturated rings. The van der Waals surface area contributed by atoms with Gasteiger partial charge in [0.1, 0.15) is 11.5 Å². The average molecular weight is 474 g/mol. The van der Waals surface area contributed by atoms with Crippen LogP contribution in [0.15, 0.2) is 66.6 Å². The monoisotopic (exact) mass is 473 g/mol. The van der Waals surface area contributed by atoms with Crippen molar-refractivity contribution in [3.63, 3.8) is 0 Å². The van der Waals surface area contributed by atoms with E-state index in [2.05, 4.69) is 23.5 Å². The molecule has 32 heavy (non-hydrogen) atoms. The molecule has 10 heteroatoms. The summed E-state index contributed by atoms with van der Waals surface area (Å²) in [5, 5.41) is 3.09. The molecule has 0 atom stereocenters. The molecule has 1 amide bonds. The van der Waals surface area contributed by atoms with Gasteiger partial charge in [-0.15, -0.1) is 13.2 Å². The number of sulfonamides is 1. The van der Waals surface area contributed by atoms with Crippen LogP contribution in [-0.4, -0.2) is 50.9 Å². The van der Waals surface area contributed by atoms with Crippen LogP contribution in [0.4, 0.5) is 5.13 Å². The maximum atomic E-state index is 13.0. The largest absolute Gasteiger partial charge is 0.497 e. The van der Waals surface area contributed by atoms with Crippen molar-refractivity contribution in [3.05, 3.63) is 67.3 Å². The zero-order chi connectivity index (χ0) is 23.3. The van der Waals surface area contributed by atoms with Crippen LogP contribution in [-0.2, 0) is 10.0 Å². The highest BCUT2D eigenvalue weighted by molar-refractivity contribution is 7.89. The third-order valence-electron chi connectivity index (χ3n) is 4.50. The van der Waals surface area contributed by atoms with Gasteiger partial charge in [-0.2, -0.15) is 4.31 Å². The summed E-state index contributed by atoms with van der Waals surface area (Å²) in [5.41, 5.74) is 0.916. The normalized spacial score (nSPS) is 11.3. The summed E-state index contributed by atoms with van der Waals surface area (Å²) >= 11 is 1.18. The molecule has 1 N–H and O–H groups in total. The first-order valence-corrected chi connectivity index (χ1v) is 11.7. The molecular formula is C22H23N3O5S2. The Balaban J connectivity index is 1.89. The van der Waals surface area contributed by atoms with Crippen LogP contribution in [0.5, 0.6) is 11.5 Å². The predicted octanol–water partition coefficient (Wildman–Crippen LogP) is 3.93.